The molecule has 3 nitrogen and oxygen atoms in total. The lowest BCUT2D eigenvalue weighted by Crippen LogP contribution is -2.09. The molecule has 0 radical (unpaired) electrons. The Labute approximate surface area is 164 Å². The third-order valence-electron chi connectivity index (χ3n) is 4.27. The van der Waals surface area contributed by atoms with Crippen LogP contribution in [-0.2, 0) is 20.0 Å². The first kappa shape index (κ1) is 19.6. The number of nitrogens with zero attached hydrogens (tertiary/aromatic N) is 2. The van der Waals surface area contributed by atoms with E-state index in [1.54, 1.807) is 17.8 Å². The lowest BCUT2D eigenvalue weighted by molar-refractivity contribution is 0.559. The maximum atomic E-state index is 14.0. The van der Waals surface area contributed by atoms with E-state index in [9.17, 15) is 13.2 Å². The summed E-state index contributed by atoms with van der Waals surface area (Å²) in [6.45, 7) is 1.74. The first-order valence-corrected chi connectivity index (χ1v) is 8.85. The number of anilines is 1. The van der Waals surface area contributed by atoms with Gasteiger partial charge >= 0.3 is 0 Å². The molecule has 3 rings (SSSR count). The fraction of sp³-hybridized carbons (Fsp3) is 0.211. The van der Waals surface area contributed by atoms with E-state index in [0.717, 1.165) is 29.0 Å². The highest BCUT2D eigenvalue weighted by molar-refractivity contribution is 6.31. The maximum Gasteiger partial charge on any atom is 0.132 e. The first-order chi connectivity index (χ1) is 12.8. The van der Waals surface area contributed by atoms with Gasteiger partial charge in [0.2, 0.25) is 0 Å². The zero-order chi connectivity index (χ0) is 19.7. The van der Waals surface area contributed by atoms with Crippen molar-refractivity contribution in [1.29, 1.82) is 0 Å². The average Bonchev–Trinajstić information content (AvgIpc) is 2.83. The Hall–Kier alpha value is -2.18. The van der Waals surface area contributed by atoms with Crippen LogP contribution in [0.3, 0.4) is 0 Å². The van der Waals surface area contributed by atoms with Crippen LogP contribution in [0.5, 0.6) is 0 Å². The molecule has 1 heterocycles. The Balaban J connectivity index is 1.89. The van der Waals surface area contributed by atoms with Crippen molar-refractivity contribution in [3.63, 3.8) is 0 Å². The van der Waals surface area contributed by atoms with Gasteiger partial charge in [0.25, 0.3) is 0 Å². The molecule has 1 N–H and O–H groups in total. The number of hydrogen-bond donors (Lipinski definition) is 1. The summed E-state index contributed by atoms with van der Waals surface area (Å²) in [6, 6.07) is 6.31. The molecule has 2 aromatic carbocycles. The fourth-order valence-electron chi connectivity index (χ4n) is 2.90. The summed E-state index contributed by atoms with van der Waals surface area (Å²) in [5.74, 6) is -1.27. The molecule has 0 aliphatic carbocycles. The van der Waals surface area contributed by atoms with E-state index < -0.39 is 17.5 Å². The topological polar surface area (TPSA) is 29.9 Å². The van der Waals surface area contributed by atoms with Crippen molar-refractivity contribution in [2.75, 3.05) is 5.32 Å². The zero-order valence-electron chi connectivity index (χ0n) is 14.6. The van der Waals surface area contributed by atoms with Gasteiger partial charge in [-0.05, 0) is 36.8 Å². The van der Waals surface area contributed by atoms with Crippen LogP contribution in [0.2, 0.25) is 10.0 Å². The second-order valence-corrected chi connectivity index (χ2v) is 6.99. The number of aryl methyl sites for hydroxylation is 2. The summed E-state index contributed by atoms with van der Waals surface area (Å²) in [5.41, 5.74) is 2.14. The zero-order valence-corrected chi connectivity index (χ0v) is 16.1. The lowest BCUT2D eigenvalue weighted by Gasteiger charge is -2.12. The third kappa shape index (κ3) is 4.22. The average molecular weight is 414 g/mol. The first-order valence-electron chi connectivity index (χ1n) is 8.10. The fourth-order valence-corrected chi connectivity index (χ4v) is 3.33. The third-order valence-corrected chi connectivity index (χ3v) is 4.84. The molecule has 0 fully saturated rings. The molecule has 27 heavy (non-hydrogen) atoms. The number of halogens is 5. The molecule has 0 unspecified atom stereocenters. The smallest absolute Gasteiger partial charge is 0.132 e. The summed E-state index contributed by atoms with van der Waals surface area (Å²) >= 11 is 11.8. The van der Waals surface area contributed by atoms with E-state index in [2.05, 4.69) is 10.4 Å². The Morgan fingerprint density at radius 2 is 1.70 bits per heavy atom. The quantitative estimate of drug-likeness (QED) is 0.584. The normalized spacial score (nSPS) is 11.1. The number of rotatable bonds is 5. The van der Waals surface area contributed by atoms with Crippen molar-refractivity contribution in [3.8, 4) is 0 Å². The molecular formula is C19H16Cl2F3N3. The SMILES string of the molecule is Cc1nn(C)c(NCc2c(F)cc(Cl)cc2F)c1Cc1ccc(F)cc1Cl. The second kappa shape index (κ2) is 7.82. The molecule has 0 atom stereocenters. The van der Waals surface area contributed by atoms with E-state index in [0.29, 0.717) is 17.3 Å². The molecule has 0 aliphatic heterocycles. The van der Waals surface area contributed by atoms with Gasteiger partial charge in [0.1, 0.15) is 23.3 Å². The molecule has 142 valence electrons. The van der Waals surface area contributed by atoms with Gasteiger partial charge in [0.15, 0.2) is 0 Å². The summed E-state index contributed by atoms with van der Waals surface area (Å²) < 4.78 is 42.9. The molecule has 3 aromatic rings. The summed E-state index contributed by atoms with van der Waals surface area (Å²) in [4.78, 5) is 0. The van der Waals surface area contributed by atoms with Crippen LogP contribution in [0.25, 0.3) is 0 Å². The highest BCUT2D eigenvalue weighted by atomic mass is 35.5. The minimum Gasteiger partial charge on any atom is -0.366 e. The molecular weight excluding hydrogens is 398 g/mol. The van der Waals surface area contributed by atoms with Crippen LogP contribution in [0.15, 0.2) is 30.3 Å². The van der Waals surface area contributed by atoms with Crippen LogP contribution in [0, 0.1) is 24.4 Å². The standard InChI is InChI=1S/C19H16Cl2F3N3/c1-10-14(5-11-3-4-13(22)8-16(11)21)19(27(2)26-10)25-9-15-17(23)6-12(20)7-18(15)24/h3-4,6-8,25H,5,9H2,1-2H3. The van der Waals surface area contributed by atoms with E-state index in [1.165, 1.54) is 12.1 Å². The van der Waals surface area contributed by atoms with Gasteiger partial charge < -0.3 is 5.32 Å². The second-order valence-electron chi connectivity index (χ2n) is 6.15. The highest BCUT2D eigenvalue weighted by Gasteiger charge is 2.17. The Morgan fingerprint density at radius 1 is 1.04 bits per heavy atom. The number of aromatic nitrogens is 2. The Morgan fingerprint density at radius 3 is 2.33 bits per heavy atom. The largest absolute Gasteiger partial charge is 0.366 e. The van der Waals surface area contributed by atoms with Gasteiger partial charge in [-0.1, -0.05) is 29.3 Å². The van der Waals surface area contributed by atoms with Crippen molar-refractivity contribution in [1.82, 2.24) is 9.78 Å². The summed E-state index contributed by atoms with van der Waals surface area (Å²) in [6.07, 6.45) is 0.396. The van der Waals surface area contributed by atoms with Gasteiger partial charge in [-0.2, -0.15) is 5.10 Å². The predicted molar refractivity (Wildman–Crippen MR) is 101 cm³/mol. The predicted octanol–water partition coefficient (Wildman–Crippen LogP) is 5.66. The van der Waals surface area contributed by atoms with Crippen molar-refractivity contribution in [3.05, 3.63) is 80.2 Å². The number of nitrogens with one attached hydrogen (secondary N) is 1. The maximum absolute atomic E-state index is 14.0. The lowest BCUT2D eigenvalue weighted by atomic mass is 10.0. The van der Waals surface area contributed by atoms with Gasteiger partial charge in [0, 0.05) is 41.2 Å². The van der Waals surface area contributed by atoms with Gasteiger partial charge in [-0.15, -0.1) is 0 Å². The summed E-state index contributed by atoms with van der Waals surface area (Å²) in [5, 5.41) is 7.69. The number of benzene rings is 2. The minimum atomic E-state index is -0.727. The highest BCUT2D eigenvalue weighted by Crippen LogP contribution is 2.28. The summed E-state index contributed by atoms with van der Waals surface area (Å²) in [7, 11) is 1.72. The monoisotopic (exact) mass is 413 g/mol. The van der Waals surface area contributed by atoms with E-state index in [4.69, 9.17) is 23.2 Å². The Bertz CT molecular complexity index is 979. The molecule has 0 aliphatic rings. The van der Waals surface area contributed by atoms with Crippen molar-refractivity contribution < 1.29 is 13.2 Å². The molecule has 0 spiro atoms. The van der Waals surface area contributed by atoms with Crippen molar-refractivity contribution in [2.45, 2.75) is 19.9 Å². The number of hydrogen-bond acceptors (Lipinski definition) is 2. The molecule has 1 aromatic heterocycles. The molecule has 0 amide bonds. The minimum absolute atomic E-state index is 0.00299. The Kier molecular flexibility index (Phi) is 5.67. The van der Waals surface area contributed by atoms with Gasteiger partial charge in [-0.3, -0.25) is 4.68 Å². The van der Waals surface area contributed by atoms with Crippen molar-refractivity contribution in [2.24, 2.45) is 7.05 Å². The van der Waals surface area contributed by atoms with Crippen molar-refractivity contribution >= 4 is 29.0 Å². The van der Waals surface area contributed by atoms with Crippen LogP contribution in [0.4, 0.5) is 19.0 Å². The molecule has 0 saturated carbocycles. The van der Waals surface area contributed by atoms with E-state index in [-0.39, 0.29) is 17.1 Å². The molecule has 8 heteroatoms. The van der Waals surface area contributed by atoms with E-state index in [1.807, 2.05) is 6.92 Å². The molecule has 0 bridgehead atoms. The van der Waals surface area contributed by atoms with Crippen LogP contribution in [-0.4, -0.2) is 9.78 Å². The van der Waals surface area contributed by atoms with Crippen LogP contribution >= 0.6 is 23.2 Å². The van der Waals surface area contributed by atoms with Crippen LogP contribution in [0.1, 0.15) is 22.4 Å². The van der Waals surface area contributed by atoms with Gasteiger partial charge in [0.05, 0.1) is 5.69 Å². The molecule has 0 saturated heterocycles. The van der Waals surface area contributed by atoms with Crippen LogP contribution < -0.4 is 5.32 Å². The van der Waals surface area contributed by atoms with Gasteiger partial charge in [-0.25, -0.2) is 13.2 Å². The van der Waals surface area contributed by atoms with E-state index >= 15 is 0 Å².